The summed E-state index contributed by atoms with van der Waals surface area (Å²) in [4.78, 5) is 33.5. The molecule has 0 aliphatic carbocycles. The van der Waals surface area contributed by atoms with E-state index in [4.69, 9.17) is 0 Å². The van der Waals surface area contributed by atoms with E-state index in [2.05, 4.69) is 29.2 Å². The summed E-state index contributed by atoms with van der Waals surface area (Å²) in [6.45, 7) is 4.33. The quantitative estimate of drug-likeness (QED) is 0.766. The standard InChI is InChI=1S/C21H28N4O2S/c1-3-4-12-24(2)18-9-7-16(8-10-18)20(27)25-13-5-6-17(15-25)19(26)23-21-22-11-14-28-21/h7-11,14,17H,3-6,12-13,15H2,1-2H3,(H,22,23,26). The highest BCUT2D eigenvalue weighted by Crippen LogP contribution is 2.22. The molecule has 0 radical (unpaired) electrons. The molecule has 0 spiro atoms. The molecular weight excluding hydrogens is 372 g/mol. The lowest BCUT2D eigenvalue weighted by atomic mass is 9.96. The molecule has 1 atom stereocenters. The summed E-state index contributed by atoms with van der Waals surface area (Å²) < 4.78 is 0. The number of nitrogens with one attached hydrogen (secondary N) is 1. The number of benzene rings is 1. The number of aromatic nitrogens is 1. The Balaban J connectivity index is 1.59. The predicted octanol–water partition coefficient (Wildman–Crippen LogP) is 3.87. The van der Waals surface area contributed by atoms with E-state index in [0.29, 0.717) is 23.8 Å². The summed E-state index contributed by atoms with van der Waals surface area (Å²) in [5.41, 5.74) is 1.79. The Bertz CT molecular complexity index is 776. The molecule has 2 aromatic rings. The van der Waals surface area contributed by atoms with Crippen LogP contribution in [0.3, 0.4) is 0 Å². The third-order valence-electron chi connectivity index (χ3n) is 5.14. The molecule has 7 heteroatoms. The largest absolute Gasteiger partial charge is 0.375 e. The summed E-state index contributed by atoms with van der Waals surface area (Å²) >= 11 is 1.40. The Kier molecular flexibility index (Phi) is 7.03. The lowest BCUT2D eigenvalue weighted by Crippen LogP contribution is -2.43. The SMILES string of the molecule is CCCCN(C)c1ccc(C(=O)N2CCCC(C(=O)Nc3nccs3)C2)cc1. The Labute approximate surface area is 170 Å². The van der Waals surface area contributed by atoms with Gasteiger partial charge < -0.3 is 15.1 Å². The summed E-state index contributed by atoms with van der Waals surface area (Å²) in [6, 6.07) is 7.78. The molecule has 6 nitrogen and oxygen atoms in total. The van der Waals surface area contributed by atoms with Gasteiger partial charge in [0.2, 0.25) is 5.91 Å². The van der Waals surface area contributed by atoms with E-state index in [1.54, 1.807) is 11.1 Å². The lowest BCUT2D eigenvalue weighted by Gasteiger charge is -2.32. The van der Waals surface area contributed by atoms with Gasteiger partial charge in [0, 0.05) is 49.5 Å². The van der Waals surface area contributed by atoms with E-state index >= 15 is 0 Å². The number of amides is 2. The van der Waals surface area contributed by atoms with E-state index in [9.17, 15) is 9.59 Å². The highest BCUT2D eigenvalue weighted by Gasteiger charge is 2.29. The fourth-order valence-electron chi connectivity index (χ4n) is 3.43. The Morgan fingerprint density at radius 1 is 1.32 bits per heavy atom. The van der Waals surface area contributed by atoms with Crippen LogP contribution in [-0.2, 0) is 4.79 Å². The number of likely N-dealkylation sites (tertiary alicyclic amines) is 1. The molecule has 3 rings (SSSR count). The van der Waals surface area contributed by atoms with Crippen LogP contribution in [0.2, 0.25) is 0 Å². The fourth-order valence-corrected chi connectivity index (χ4v) is 3.97. The molecule has 1 saturated heterocycles. The molecule has 2 amide bonds. The van der Waals surface area contributed by atoms with Crippen LogP contribution in [0, 0.1) is 5.92 Å². The highest BCUT2D eigenvalue weighted by molar-refractivity contribution is 7.13. The second-order valence-corrected chi connectivity index (χ2v) is 8.13. The van der Waals surface area contributed by atoms with Crippen LogP contribution in [0.5, 0.6) is 0 Å². The number of carbonyl (C=O) groups is 2. The maximum absolute atomic E-state index is 12.9. The van der Waals surface area contributed by atoms with Crippen molar-refractivity contribution in [2.75, 3.05) is 36.9 Å². The van der Waals surface area contributed by atoms with E-state index in [-0.39, 0.29) is 17.7 Å². The van der Waals surface area contributed by atoms with Crippen LogP contribution < -0.4 is 10.2 Å². The molecule has 2 heterocycles. The molecule has 150 valence electrons. The zero-order valence-electron chi connectivity index (χ0n) is 16.6. The summed E-state index contributed by atoms with van der Waals surface area (Å²) in [6.07, 6.45) is 5.60. The number of anilines is 2. The average Bonchev–Trinajstić information content (AvgIpc) is 3.24. The van der Waals surface area contributed by atoms with Crippen LogP contribution in [0.25, 0.3) is 0 Å². The van der Waals surface area contributed by atoms with Crippen molar-refractivity contribution < 1.29 is 9.59 Å². The first-order valence-electron chi connectivity index (χ1n) is 9.89. The van der Waals surface area contributed by atoms with Gasteiger partial charge in [0.15, 0.2) is 5.13 Å². The van der Waals surface area contributed by atoms with Gasteiger partial charge in [-0.05, 0) is 43.5 Å². The number of piperidine rings is 1. The van der Waals surface area contributed by atoms with Gasteiger partial charge in [-0.2, -0.15) is 0 Å². The normalized spacial score (nSPS) is 16.6. The van der Waals surface area contributed by atoms with Crippen molar-refractivity contribution in [1.29, 1.82) is 0 Å². The number of unbranched alkanes of at least 4 members (excludes halogenated alkanes) is 1. The van der Waals surface area contributed by atoms with Crippen molar-refractivity contribution in [3.05, 3.63) is 41.4 Å². The first kappa shape index (κ1) is 20.3. The van der Waals surface area contributed by atoms with Crippen molar-refractivity contribution in [2.45, 2.75) is 32.6 Å². The van der Waals surface area contributed by atoms with Crippen LogP contribution in [0.4, 0.5) is 10.8 Å². The Morgan fingerprint density at radius 3 is 2.79 bits per heavy atom. The van der Waals surface area contributed by atoms with Crippen molar-refractivity contribution >= 4 is 34.0 Å². The van der Waals surface area contributed by atoms with E-state index in [1.807, 2.05) is 29.6 Å². The minimum absolute atomic E-state index is 0.00508. The second-order valence-electron chi connectivity index (χ2n) is 7.24. The van der Waals surface area contributed by atoms with Crippen LogP contribution in [-0.4, -0.2) is 48.4 Å². The first-order valence-corrected chi connectivity index (χ1v) is 10.8. The molecule has 28 heavy (non-hydrogen) atoms. The molecule has 1 aliphatic heterocycles. The smallest absolute Gasteiger partial charge is 0.253 e. The third kappa shape index (κ3) is 5.10. The van der Waals surface area contributed by atoms with Crippen molar-refractivity contribution in [2.24, 2.45) is 5.92 Å². The van der Waals surface area contributed by atoms with Crippen LogP contribution >= 0.6 is 11.3 Å². The number of rotatable bonds is 7. The van der Waals surface area contributed by atoms with Gasteiger partial charge in [0.1, 0.15) is 0 Å². The molecule has 0 bridgehead atoms. The van der Waals surface area contributed by atoms with Gasteiger partial charge >= 0.3 is 0 Å². The molecule has 1 N–H and O–H groups in total. The van der Waals surface area contributed by atoms with Gasteiger partial charge in [-0.1, -0.05) is 13.3 Å². The first-order chi connectivity index (χ1) is 13.6. The second kappa shape index (κ2) is 9.68. The minimum atomic E-state index is -0.193. The molecule has 1 aromatic heterocycles. The lowest BCUT2D eigenvalue weighted by molar-refractivity contribution is -0.121. The number of hydrogen-bond acceptors (Lipinski definition) is 5. The van der Waals surface area contributed by atoms with E-state index in [1.165, 1.54) is 11.3 Å². The molecule has 1 aliphatic rings. The zero-order chi connectivity index (χ0) is 19.9. The average molecular weight is 401 g/mol. The minimum Gasteiger partial charge on any atom is -0.375 e. The molecular formula is C21H28N4O2S. The zero-order valence-corrected chi connectivity index (χ0v) is 17.4. The number of nitrogens with zero attached hydrogens (tertiary/aromatic N) is 3. The van der Waals surface area contributed by atoms with Gasteiger partial charge in [-0.15, -0.1) is 11.3 Å². The maximum Gasteiger partial charge on any atom is 0.253 e. The van der Waals surface area contributed by atoms with Gasteiger partial charge in [-0.3, -0.25) is 9.59 Å². The molecule has 1 unspecified atom stereocenters. The van der Waals surface area contributed by atoms with Crippen molar-refractivity contribution in [3.63, 3.8) is 0 Å². The van der Waals surface area contributed by atoms with Crippen molar-refractivity contribution in [1.82, 2.24) is 9.88 Å². The Morgan fingerprint density at radius 2 is 2.11 bits per heavy atom. The molecule has 1 aromatic carbocycles. The van der Waals surface area contributed by atoms with E-state index in [0.717, 1.165) is 37.9 Å². The predicted molar refractivity (Wildman–Crippen MR) is 114 cm³/mol. The summed E-state index contributed by atoms with van der Waals surface area (Å²) in [5.74, 6) is -0.254. The van der Waals surface area contributed by atoms with E-state index < -0.39 is 0 Å². The topological polar surface area (TPSA) is 65.5 Å². The van der Waals surface area contributed by atoms with Gasteiger partial charge in [0.25, 0.3) is 5.91 Å². The highest BCUT2D eigenvalue weighted by atomic mass is 32.1. The van der Waals surface area contributed by atoms with Crippen molar-refractivity contribution in [3.8, 4) is 0 Å². The monoisotopic (exact) mass is 400 g/mol. The summed E-state index contributed by atoms with van der Waals surface area (Å²) in [7, 11) is 2.07. The van der Waals surface area contributed by atoms with Crippen LogP contribution in [0.1, 0.15) is 43.0 Å². The third-order valence-corrected chi connectivity index (χ3v) is 5.83. The number of hydrogen-bond donors (Lipinski definition) is 1. The fraction of sp³-hybridized carbons (Fsp3) is 0.476. The molecule has 1 fully saturated rings. The van der Waals surface area contributed by atoms with Gasteiger partial charge in [0.05, 0.1) is 5.92 Å². The summed E-state index contributed by atoms with van der Waals surface area (Å²) in [5, 5.41) is 5.29. The van der Waals surface area contributed by atoms with Crippen LogP contribution in [0.15, 0.2) is 35.8 Å². The number of thiazole rings is 1. The maximum atomic E-state index is 12.9. The molecule has 0 saturated carbocycles. The van der Waals surface area contributed by atoms with Gasteiger partial charge in [-0.25, -0.2) is 4.98 Å². The Hall–Kier alpha value is -2.41. The number of carbonyl (C=O) groups excluding carboxylic acids is 2.